The first-order valence-electron chi connectivity index (χ1n) is 22.1. The average Bonchev–Trinajstić information content (AvgIpc) is 4.16. The summed E-state index contributed by atoms with van der Waals surface area (Å²) < 4.78 is 9.49. The zero-order valence-electron chi connectivity index (χ0n) is 36.0. The van der Waals surface area contributed by atoms with Crippen LogP contribution in [0.2, 0.25) is 0 Å². The van der Waals surface area contributed by atoms with Gasteiger partial charge in [0, 0.05) is 12.5 Å². The summed E-state index contributed by atoms with van der Waals surface area (Å²) in [6.45, 7) is 4.16. The number of hydrogen-bond donors (Lipinski definition) is 5. The topological polar surface area (TPSA) is 200 Å². The van der Waals surface area contributed by atoms with Gasteiger partial charge in [0.25, 0.3) is 0 Å². The number of H-pyrrole nitrogens is 2. The highest BCUT2D eigenvalue weighted by Gasteiger charge is 2.54. The van der Waals surface area contributed by atoms with Gasteiger partial charge in [0.15, 0.2) is 0 Å². The molecule has 3 heterocycles. The fourth-order valence-electron chi connectivity index (χ4n) is 10.5. The number of likely N-dealkylation sites (tertiary alicyclic amines) is 1. The molecule has 15 heteroatoms. The summed E-state index contributed by atoms with van der Waals surface area (Å²) in [6, 6.07) is 15.7. The Hall–Kier alpha value is -5.99. The van der Waals surface area contributed by atoms with Crippen molar-refractivity contribution in [1.29, 1.82) is 0 Å². The molecule has 62 heavy (non-hydrogen) atoms. The molecule has 0 spiro atoms. The fraction of sp³-hybridized carbons (Fsp3) is 0.511. The number of amides is 4. The molecule has 3 aliphatic carbocycles. The van der Waals surface area contributed by atoms with E-state index >= 15 is 0 Å². The van der Waals surface area contributed by atoms with Crippen molar-refractivity contribution in [3.8, 4) is 33.6 Å². The van der Waals surface area contributed by atoms with Crippen LogP contribution in [0.5, 0.6) is 0 Å². The van der Waals surface area contributed by atoms with Crippen LogP contribution in [0.4, 0.5) is 4.79 Å². The minimum Gasteiger partial charge on any atom is -0.468 e. The predicted molar refractivity (Wildman–Crippen MR) is 231 cm³/mol. The maximum atomic E-state index is 14.2. The molecule has 4 aliphatic rings. The second-order valence-corrected chi connectivity index (χ2v) is 17.8. The van der Waals surface area contributed by atoms with E-state index in [0.29, 0.717) is 25.3 Å². The van der Waals surface area contributed by atoms with Crippen molar-refractivity contribution in [1.82, 2.24) is 40.8 Å². The van der Waals surface area contributed by atoms with E-state index in [1.807, 2.05) is 24.9 Å². The highest BCUT2D eigenvalue weighted by Crippen LogP contribution is 2.56. The van der Waals surface area contributed by atoms with Crippen molar-refractivity contribution in [3.05, 3.63) is 72.6 Å². The molecule has 2 aromatic carbocycles. The minimum absolute atomic E-state index is 0.0721. The van der Waals surface area contributed by atoms with E-state index in [0.717, 1.165) is 96.7 Å². The van der Waals surface area contributed by atoms with Gasteiger partial charge in [0.1, 0.15) is 29.8 Å². The Labute approximate surface area is 361 Å². The summed E-state index contributed by atoms with van der Waals surface area (Å²) in [5.74, 6) is 0.531. The molecule has 5 N–H and O–H groups in total. The molecule has 6 atom stereocenters. The second-order valence-electron chi connectivity index (χ2n) is 17.8. The summed E-state index contributed by atoms with van der Waals surface area (Å²) >= 11 is 0. The maximum Gasteiger partial charge on any atom is 0.407 e. The molecular formula is C47H58N8O7. The normalized spacial score (nSPS) is 23.2. The Kier molecular flexibility index (Phi) is 12.5. The zero-order chi connectivity index (χ0) is 43.5. The number of ether oxygens (including phenoxy) is 2. The molecule has 1 saturated heterocycles. The summed E-state index contributed by atoms with van der Waals surface area (Å²) in [5.41, 5.74) is 4.77. The van der Waals surface area contributed by atoms with Gasteiger partial charge in [0.05, 0.1) is 50.0 Å². The molecule has 328 valence electrons. The number of imidazole rings is 2. The number of rotatable bonds is 13. The van der Waals surface area contributed by atoms with Crippen molar-refractivity contribution >= 4 is 29.8 Å². The number of aromatic nitrogens is 4. The summed E-state index contributed by atoms with van der Waals surface area (Å²) in [4.78, 5) is 83.5. The molecule has 2 aromatic heterocycles. The van der Waals surface area contributed by atoms with Crippen molar-refractivity contribution in [3.63, 3.8) is 0 Å². The van der Waals surface area contributed by atoms with Gasteiger partial charge in [-0.25, -0.2) is 14.8 Å². The van der Waals surface area contributed by atoms with E-state index < -0.39 is 23.6 Å². The first kappa shape index (κ1) is 42.7. The highest BCUT2D eigenvalue weighted by atomic mass is 16.5. The summed E-state index contributed by atoms with van der Waals surface area (Å²) in [6.07, 6.45) is 11.4. The van der Waals surface area contributed by atoms with Gasteiger partial charge in [0.2, 0.25) is 17.7 Å². The average molecular weight is 847 g/mol. The second kappa shape index (κ2) is 18.2. The largest absolute Gasteiger partial charge is 0.468 e. The molecule has 4 aromatic rings. The molecule has 8 rings (SSSR count). The van der Waals surface area contributed by atoms with Crippen molar-refractivity contribution in [2.75, 3.05) is 27.3 Å². The molecule has 4 fully saturated rings. The van der Waals surface area contributed by atoms with E-state index in [-0.39, 0.29) is 54.0 Å². The van der Waals surface area contributed by atoms with Crippen LogP contribution in [0.25, 0.3) is 33.6 Å². The van der Waals surface area contributed by atoms with Crippen molar-refractivity contribution in [2.45, 2.75) is 102 Å². The van der Waals surface area contributed by atoms with Gasteiger partial charge in [-0.05, 0) is 85.0 Å². The van der Waals surface area contributed by atoms with Gasteiger partial charge in [-0.15, -0.1) is 0 Å². The monoisotopic (exact) mass is 846 g/mol. The molecule has 3 unspecified atom stereocenters. The first-order chi connectivity index (χ1) is 30.0. The van der Waals surface area contributed by atoms with Gasteiger partial charge in [-0.1, -0.05) is 81.6 Å². The van der Waals surface area contributed by atoms with Crippen LogP contribution >= 0.6 is 0 Å². The fourth-order valence-corrected chi connectivity index (χ4v) is 10.5. The number of carbonyl (C=O) groups excluding carboxylic acids is 5. The Morgan fingerprint density at radius 1 is 0.774 bits per heavy atom. The SMILES string of the molecule is COC(=O)CNC(=O)C1(NC(=O)C2C3CCC(C3)[C@H]2c2ncc(-c3ccc(-c4ccc(-c5cnc([C@@H]6CCCN6C(=O)[C@@H](NC(=O)OC)C(C)C)[nH]5)cc4)cc3)[nH]2)CCCCC1. The number of carbonyl (C=O) groups is 5. The zero-order valence-corrected chi connectivity index (χ0v) is 36.0. The molecule has 15 nitrogen and oxygen atoms in total. The van der Waals surface area contributed by atoms with E-state index in [4.69, 9.17) is 14.5 Å². The third-order valence-corrected chi connectivity index (χ3v) is 13.8. The molecule has 1 aliphatic heterocycles. The third kappa shape index (κ3) is 8.58. The van der Waals surface area contributed by atoms with Gasteiger partial charge in [-0.3, -0.25) is 19.2 Å². The van der Waals surface area contributed by atoms with Crippen LogP contribution in [0.1, 0.15) is 102 Å². The molecule has 3 saturated carbocycles. The smallest absolute Gasteiger partial charge is 0.407 e. The lowest BCUT2D eigenvalue weighted by molar-refractivity contribution is -0.143. The number of aromatic amines is 2. The number of hydrogen-bond acceptors (Lipinski definition) is 9. The van der Waals surface area contributed by atoms with Gasteiger partial charge < -0.3 is 40.3 Å². The number of methoxy groups -OCH3 is 2. The van der Waals surface area contributed by atoms with E-state index in [1.165, 1.54) is 14.2 Å². The number of nitrogens with one attached hydrogen (secondary N) is 5. The Morgan fingerprint density at radius 2 is 1.37 bits per heavy atom. The first-order valence-corrected chi connectivity index (χ1v) is 22.1. The molecule has 0 radical (unpaired) electrons. The third-order valence-electron chi connectivity index (χ3n) is 13.8. The van der Waals surface area contributed by atoms with Gasteiger partial charge in [-0.2, -0.15) is 0 Å². The van der Waals surface area contributed by atoms with Crippen LogP contribution in [-0.4, -0.2) is 93.5 Å². The number of benzene rings is 2. The van der Waals surface area contributed by atoms with Crippen LogP contribution in [0, 0.1) is 23.7 Å². The lowest BCUT2D eigenvalue weighted by atomic mass is 9.76. The van der Waals surface area contributed by atoms with Crippen LogP contribution in [0.15, 0.2) is 60.9 Å². The van der Waals surface area contributed by atoms with Crippen LogP contribution < -0.4 is 16.0 Å². The number of nitrogens with zero attached hydrogens (tertiary/aromatic N) is 3. The molecular weight excluding hydrogens is 789 g/mol. The van der Waals surface area contributed by atoms with E-state index in [2.05, 4.69) is 79.4 Å². The van der Waals surface area contributed by atoms with Crippen LogP contribution in [0.3, 0.4) is 0 Å². The summed E-state index contributed by atoms with van der Waals surface area (Å²) in [7, 11) is 2.57. The van der Waals surface area contributed by atoms with Crippen molar-refractivity contribution < 1.29 is 33.4 Å². The minimum atomic E-state index is -1.04. The van der Waals surface area contributed by atoms with Crippen molar-refractivity contribution in [2.24, 2.45) is 23.7 Å². The summed E-state index contributed by atoms with van der Waals surface area (Å²) in [5, 5.41) is 8.64. The lowest BCUT2D eigenvalue weighted by Crippen LogP contribution is -2.61. The van der Waals surface area contributed by atoms with E-state index in [1.54, 1.807) is 6.20 Å². The molecule has 2 bridgehead atoms. The highest BCUT2D eigenvalue weighted by molar-refractivity contribution is 5.94. The standard InChI is InChI=1S/C47H58N8O7/c1-27(2)40(53-46(60)62-4)44(58)55-22-8-9-36(55)41-48-24-34(51-41)30-14-10-28(11-15-30)29-12-16-31(17-13-29)35-25-49-42(52-35)38-32-18-19-33(23-32)39(38)43(57)54-47(20-6-5-7-21-47)45(59)50-26-37(56)61-3/h10-17,24-25,27,32-33,36,38-40H,5-9,18-23,26H2,1-4H3,(H,48,51)(H,49,52)(H,50,59)(H,53,60)(H,54,57)/t32?,33?,36-,38+,39?,40-/m0/s1. The Morgan fingerprint density at radius 3 is 1.98 bits per heavy atom. The Bertz CT molecular complexity index is 2260. The van der Waals surface area contributed by atoms with E-state index in [9.17, 15) is 24.0 Å². The predicted octanol–water partition coefficient (Wildman–Crippen LogP) is 6.42. The number of fused-ring (bicyclic) bond motifs is 2. The quantitative estimate of drug-likeness (QED) is 0.0943. The van der Waals surface area contributed by atoms with Crippen LogP contribution in [-0.2, 0) is 28.7 Å². The molecule has 4 amide bonds. The lowest BCUT2D eigenvalue weighted by Gasteiger charge is -2.39. The maximum absolute atomic E-state index is 14.2. The number of esters is 1. The Balaban J connectivity index is 0.923. The van der Waals surface area contributed by atoms with Gasteiger partial charge >= 0.3 is 12.1 Å². The number of alkyl carbamates (subject to hydrolysis) is 1.